The van der Waals surface area contributed by atoms with E-state index in [1.807, 2.05) is 6.08 Å². The van der Waals surface area contributed by atoms with Crippen LogP contribution in [0.2, 0.25) is 0 Å². The van der Waals surface area contributed by atoms with Crippen LogP contribution in [0.25, 0.3) is 0 Å². The first-order chi connectivity index (χ1) is 18.1. The molecule has 0 aromatic carbocycles. The van der Waals surface area contributed by atoms with Crippen molar-refractivity contribution >= 4 is 17.8 Å². The summed E-state index contributed by atoms with van der Waals surface area (Å²) in [6, 6.07) is 0. The first-order valence-corrected chi connectivity index (χ1v) is 13.3. The fourth-order valence-electron chi connectivity index (χ4n) is 3.46. The SMILES string of the molecule is CCC/C=C\C=C/C/C=C\C/C=C\C/C=C\C/C=C\CCC(=O)N1CCN(C(=O)/C=C/C(=O)OC)CC1. The number of unbranched alkanes of at least 4 members (excludes halogenated alkanes) is 1. The molecule has 1 aliphatic heterocycles. The minimum atomic E-state index is -0.559. The molecule has 1 rings (SSSR count). The number of rotatable bonds is 16. The molecule has 6 nitrogen and oxygen atoms in total. The van der Waals surface area contributed by atoms with Gasteiger partial charge in [0.05, 0.1) is 7.11 Å². The number of nitrogens with zero attached hydrogens (tertiary/aromatic N) is 2. The predicted molar refractivity (Wildman–Crippen MR) is 152 cm³/mol. The average molecular weight is 509 g/mol. The summed E-state index contributed by atoms with van der Waals surface area (Å²) in [5.41, 5.74) is 0. The van der Waals surface area contributed by atoms with Gasteiger partial charge in [-0.05, 0) is 38.5 Å². The van der Waals surface area contributed by atoms with Gasteiger partial charge in [-0.3, -0.25) is 9.59 Å². The molecule has 2 amide bonds. The molecule has 0 spiro atoms. The number of carbonyl (C=O) groups excluding carboxylic acids is 3. The van der Waals surface area contributed by atoms with Crippen LogP contribution in [0.1, 0.15) is 58.3 Å². The van der Waals surface area contributed by atoms with Crippen molar-refractivity contribution in [2.75, 3.05) is 33.3 Å². The Hall–Kier alpha value is -3.41. The minimum Gasteiger partial charge on any atom is -0.466 e. The molecule has 6 heteroatoms. The van der Waals surface area contributed by atoms with Crippen LogP contribution in [0.5, 0.6) is 0 Å². The topological polar surface area (TPSA) is 66.9 Å². The Morgan fingerprint density at radius 3 is 1.73 bits per heavy atom. The summed E-state index contributed by atoms with van der Waals surface area (Å²) < 4.78 is 4.48. The van der Waals surface area contributed by atoms with E-state index in [-0.39, 0.29) is 11.8 Å². The Kier molecular flexibility index (Phi) is 18.7. The summed E-state index contributed by atoms with van der Waals surface area (Å²) in [5.74, 6) is -0.691. The number of amides is 2. The molecule has 0 bridgehead atoms. The van der Waals surface area contributed by atoms with Crippen LogP contribution < -0.4 is 0 Å². The number of hydrogen-bond donors (Lipinski definition) is 0. The summed E-state index contributed by atoms with van der Waals surface area (Å²) >= 11 is 0. The highest BCUT2D eigenvalue weighted by molar-refractivity contribution is 5.94. The smallest absolute Gasteiger partial charge is 0.330 e. The van der Waals surface area contributed by atoms with Gasteiger partial charge in [-0.1, -0.05) is 86.3 Å². The zero-order chi connectivity index (χ0) is 27.0. The molecule has 1 fully saturated rings. The third-order valence-electron chi connectivity index (χ3n) is 5.63. The van der Waals surface area contributed by atoms with E-state index in [0.717, 1.165) is 38.2 Å². The van der Waals surface area contributed by atoms with Crippen LogP contribution in [0.3, 0.4) is 0 Å². The zero-order valence-electron chi connectivity index (χ0n) is 22.6. The molecule has 0 aliphatic carbocycles. The highest BCUT2D eigenvalue weighted by atomic mass is 16.5. The Morgan fingerprint density at radius 2 is 1.16 bits per heavy atom. The molecule has 37 heavy (non-hydrogen) atoms. The van der Waals surface area contributed by atoms with Crippen LogP contribution in [-0.4, -0.2) is 60.9 Å². The number of esters is 1. The van der Waals surface area contributed by atoms with Crippen molar-refractivity contribution in [2.24, 2.45) is 0 Å². The average Bonchev–Trinajstić information content (AvgIpc) is 2.92. The normalized spacial score (nSPS) is 15.2. The molecule has 0 saturated carbocycles. The van der Waals surface area contributed by atoms with Gasteiger partial charge in [0.2, 0.25) is 11.8 Å². The first-order valence-electron chi connectivity index (χ1n) is 13.3. The summed E-state index contributed by atoms with van der Waals surface area (Å²) in [7, 11) is 1.27. The van der Waals surface area contributed by atoms with Gasteiger partial charge in [-0.15, -0.1) is 0 Å². The number of methoxy groups -OCH3 is 1. The summed E-state index contributed by atoms with van der Waals surface area (Å²) in [4.78, 5) is 39.0. The Balaban J connectivity index is 2.08. The van der Waals surface area contributed by atoms with E-state index in [2.05, 4.69) is 78.5 Å². The fraction of sp³-hybridized carbons (Fsp3) is 0.452. The van der Waals surface area contributed by atoms with E-state index >= 15 is 0 Å². The second-order valence-corrected chi connectivity index (χ2v) is 8.57. The van der Waals surface area contributed by atoms with Crippen molar-refractivity contribution in [1.82, 2.24) is 9.80 Å². The van der Waals surface area contributed by atoms with Gasteiger partial charge in [0.15, 0.2) is 0 Å². The van der Waals surface area contributed by atoms with Gasteiger partial charge in [0.25, 0.3) is 0 Å². The lowest BCUT2D eigenvalue weighted by atomic mass is 10.2. The van der Waals surface area contributed by atoms with Gasteiger partial charge in [-0.2, -0.15) is 0 Å². The van der Waals surface area contributed by atoms with Gasteiger partial charge in [0, 0.05) is 44.8 Å². The van der Waals surface area contributed by atoms with Crippen molar-refractivity contribution in [2.45, 2.75) is 58.3 Å². The van der Waals surface area contributed by atoms with Crippen LogP contribution >= 0.6 is 0 Å². The number of piperazine rings is 1. The Labute approximate surface area is 223 Å². The van der Waals surface area contributed by atoms with Gasteiger partial charge < -0.3 is 14.5 Å². The molecule has 0 unspecified atom stereocenters. The van der Waals surface area contributed by atoms with Crippen molar-refractivity contribution in [1.29, 1.82) is 0 Å². The van der Waals surface area contributed by atoms with Gasteiger partial charge in [-0.25, -0.2) is 4.79 Å². The summed E-state index contributed by atoms with van der Waals surface area (Å²) in [5, 5.41) is 0. The molecule has 0 aromatic rings. The lowest BCUT2D eigenvalue weighted by Gasteiger charge is -2.34. The highest BCUT2D eigenvalue weighted by Gasteiger charge is 2.22. The zero-order valence-corrected chi connectivity index (χ0v) is 22.6. The van der Waals surface area contributed by atoms with E-state index < -0.39 is 5.97 Å². The number of ether oxygens (including phenoxy) is 1. The standard InChI is InChI=1S/C31H44N2O4/c1-3-4-5-6-7-8-9-10-11-12-13-14-15-16-17-18-19-20-21-22-29(34)32-25-27-33(28-26-32)30(35)23-24-31(36)37-2/h5-8,10-11,13-14,16-17,19-20,23-24H,3-4,9,12,15,18,21-22,25-28H2,1-2H3/b6-5-,8-7-,11-10-,14-13-,17-16-,20-19-,24-23+. The molecular formula is C31H44N2O4. The third kappa shape index (κ3) is 16.8. The maximum atomic E-state index is 12.4. The molecule has 1 heterocycles. The first kappa shape index (κ1) is 31.6. The van der Waals surface area contributed by atoms with Crippen molar-refractivity contribution in [3.05, 3.63) is 85.1 Å². The number of carbonyl (C=O) groups is 3. The van der Waals surface area contributed by atoms with Crippen LogP contribution in [0.15, 0.2) is 85.1 Å². The molecule has 1 saturated heterocycles. The fourth-order valence-corrected chi connectivity index (χ4v) is 3.46. The quantitative estimate of drug-likeness (QED) is 0.113. The molecule has 1 aliphatic rings. The highest BCUT2D eigenvalue weighted by Crippen LogP contribution is 2.07. The molecule has 0 aromatic heterocycles. The molecule has 202 valence electrons. The van der Waals surface area contributed by atoms with E-state index in [9.17, 15) is 14.4 Å². The van der Waals surface area contributed by atoms with Gasteiger partial charge in [0.1, 0.15) is 0 Å². The summed E-state index contributed by atoms with van der Waals surface area (Å²) in [6.07, 6.45) is 35.3. The van der Waals surface area contributed by atoms with E-state index in [4.69, 9.17) is 0 Å². The lowest BCUT2D eigenvalue weighted by Crippen LogP contribution is -2.50. The van der Waals surface area contributed by atoms with Crippen LogP contribution in [0.4, 0.5) is 0 Å². The van der Waals surface area contributed by atoms with Crippen molar-refractivity contribution in [3.63, 3.8) is 0 Å². The van der Waals surface area contributed by atoms with Gasteiger partial charge >= 0.3 is 5.97 Å². The minimum absolute atomic E-state index is 0.108. The maximum Gasteiger partial charge on any atom is 0.330 e. The number of allylic oxidation sites excluding steroid dienone is 12. The second kappa shape index (κ2) is 21.8. The predicted octanol–water partition coefficient (Wildman–Crippen LogP) is 5.86. The monoisotopic (exact) mass is 508 g/mol. The van der Waals surface area contributed by atoms with E-state index in [1.54, 1.807) is 9.80 Å². The van der Waals surface area contributed by atoms with Crippen molar-refractivity contribution in [3.8, 4) is 0 Å². The Bertz CT molecular complexity index is 870. The largest absolute Gasteiger partial charge is 0.466 e. The third-order valence-corrected chi connectivity index (χ3v) is 5.63. The molecule has 0 radical (unpaired) electrons. The van der Waals surface area contributed by atoms with E-state index in [1.165, 1.54) is 19.6 Å². The van der Waals surface area contributed by atoms with E-state index in [0.29, 0.717) is 39.0 Å². The molecular weight excluding hydrogens is 464 g/mol. The molecule has 0 atom stereocenters. The maximum absolute atomic E-state index is 12.4. The number of hydrogen-bond acceptors (Lipinski definition) is 4. The summed E-state index contributed by atoms with van der Waals surface area (Å²) in [6.45, 7) is 4.15. The van der Waals surface area contributed by atoms with Crippen molar-refractivity contribution < 1.29 is 19.1 Å². The van der Waals surface area contributed by atoms with Crippen LogP contribution in [-0.2, 0) is 19.1 Å². The molecule has 0 N–H and O–H groups in total. The second-order valence-electron chi connectivity index (χ2n) is 8.57. The lowest BCUT2D eigenvalue weighted by molar-refractivity contribution is -0.137. The Morgan fingerprint density at radius 1 is 0.649 bits per heavy atom. The van der Waals surface area contributed by atoms with Crippen LogP contribution in [0, 0.1) is 0 Å².